The number of halogens is 1. The van der Waals surface area contributed by atoms with Crippen molar-refractivity contribution in [3.63, 3.8) is 0 Å². The number of rotatable bonds is 8. The summed E-state index contributed by atoms with van der Waals surface area (Å²) < 4.78 is 31.0. The summed E-state index contributed by atoms with van der Waals surface area (Å²) in [5.41, 5.74) is 0.326. The van der Waals surface area contributed by atoms with Crippen molar-refractivity contribution in [3.05, 3.63) is 23.2 Å². The first kappa shape index (κ1) is 21.6. The van der Waals surface area contributed by atoms with Crippen molar-refractivity contribution in [3.8, 4) is 5.75 Å². The number of amides is 1. The topological polar surface area (TPSA) is 75.7 Å². The van der Waals surface area contributed by atoms with Gasteiger partial charge in [0.05, 0.1) is 24.1 Å². The molecule has 0 spiro atoms. The van der Waals surface area contributed by atoms with Gasteiger partial charge in [-0.15, -0.1) is 0 Å². The highest BCUT2D eigenvalue weighted by Gasteiger charge is 2.32. The second-order valence-corrected chi connectivity index (χ2v) is 8.61. The quantitative estimate of drug-likeness (QED) is 0.740. The highest BCUT2D eigenvalue weighted by atomic mass is 35.5. The van der Waals surface area contributed by atoms with E-state index in [0.717, 1.165) is 10.6 Å². The van der Waals surface area contributed by atoms with Crippen LogP contribution in [0.1, 0.15) is 34.1 Å². The number of carbonyl (C=O) groups excluding carboxylic acids is 1. The highest BCUT2D eigenvalue weighted by Crippen LogP contribution is 2.31. The van der Waals surface area contributed by atoms with E-state index in [-0.39, 0.29) is 22.9 Å². The molecule has 1 rings (SSSR count). The van der Waals surface area contributed by atoms with E-state index >= 15 is 0 Å². The second-order valence-electron chi connectivity index (χ2n) is 6.34. The SMILES string of the molecule is CC[C@H](C(=O)N[C@H](C)C(C)C)N(c1ccc(OC)c(Cl)c1)S(C)(=O)=O. The molecule has 8 heteroatoms. The maximum absolute atomic E-state index is 12.7. The molecule has 142 valence electrons. The van der Waals surface area contributed by atoms with E-state index in [0.29, 0.717) is 17.9 Å². The van der Waals surface area contributed by atoms with Gasteiger partial charge in [0.2, 0.25) is 15.9 Å². The number of sulfonamides is 1. The van der Waals surface area contributed by atoms with E-state index in [2.05, 4.69) is 5.32 Å². The summed E-state index contributed by atoms with van der Waals surface area (Å²) in [6, 6.07) is 3.72. The Bertz CT molecular complexity index is 707. The maximum atomic E-state index is 12.7. The summed E-state index contributed by atoms with van der Waals surface area (Å²) in [5.74, 6) is 0.342. The molecule has 0 aromatic heterocycles. The molecule has 0 aliphatic carbocycles. The van der Waals surface area contributed by atoms with Gasteiger partial charge in [0, 0.05) is 6.04 Å². The predicted octanol–water partition coefficient (Wildman–Crippen LogP) is 3.05. The summed E-state index contributed by atoms with van der Waals surface area (Å²) in [6.07, 6.45) is 1.40. The molecule has 1 N–H and O–H groups in total. The van der Waals surface area contributed by atoms with Gasteiger partial charge in [-0.1, -0.05) is 32.4 Å². The molecule has 2 atom stereocenters. The monoisotopic (exact) mass is 390 g/mol. The van der Waals surface area contributed by atoms with Gasteiger partial charge < -0.3 is 10.1 Å². The number of nitrogens with one attached hydrogen (secondary N) is 1. The van der Waals surface area contributed by atoms with Crippen molar-refractivity contribution < 1.29 is 17.9 Å². The van der Waals surface area contributed by atoms with Crippen molar-refractivity contribution in [2.45, 2.75) is 46.2 Å². The summed E-state index contributed by atoms with van der Waals surface area (Å²) in [6.45, 7) is 7.64. The van der Waals surface area contributed by atoms with Gasteiger partial charge in [-0.3, -0.25) is 9.10 Å². The van der Waals surface area contributed by atoms with E-state index in [1.807, 2.05) is 20.8 Å². The van der Waals surface area contributed by atoms with E-state index in [1.165, 1.54) is 13.2 Å². The molecule has 0 fully saturated rings. The zero-order valence-corrected chi connectivity index (χ0v) is 17.1. The van der Waals surface area contributed by atoms with Crippen molar-refractivity contribution >= 4 is 33.2 Å². The molecule has 0 aliphatic heterocycles. The summed E-state index contributed by atoms with van der Waals surface area (Å²) in [4.78, 5) is 12.7. The number of carbonyl (C=O) groups is 1. The molecule has 6 nitrogen and oxygen atoms in total. The van der Waals surface area contributed by atoms with Crippen LogP contribution in [0, 0.1) is 5.92 Å². The van der Waals surface area contributed by atoms with Crippen LogP contribution < -0.4 is 14.4 Å². The summed E-state index contributed by atoms with van der Waals surface area (Å²) >= 11 is 6.13. The van der Waals surface area contributed by atoms with E-state index in [1.54, 1.807) is 19.1 Å². The molecule has 1 aromatic carbocycles. The Hall–Kier alpha value is -1.47. The largest absolute Gasteiger partial charge is 0.495 e. The first-order chi connectivity index (χ1) is 11.5. The molecule has 0 aliphatic rings. The van der Waals surface area contributed by atoms with Crippen molar-refractivity contribution in [2.24, 2.45) is 5.92 Å². The smallest absolute Gasteiger partial charge is 0.244 e. The number of nitrogens with zero attached hydrogens (tertiary/aromatic N) is 1. The summed E-state index contributed by atoms with van der Waals surface area (Å²) in [7, 11) is -2.22. The Morgan fingerprint density at radius 3 is 2.32 bits per heavy atom. The highest BCUT2D eigenvalue weighted by molar-refractivity contribution is 7.92. The molecule has 0 bridgehead atoms. The van der Waals surface area contributed by atoms with E-state index in [4.69, 9.17) is 16.3 Å². The number of anilines is 1. The third kappa shape index (κ3) is 5.51. The van der Waals surface area contributed by atoms with Crippen LogP contribution in [0.25, 0.3) is 0 Å². The zero-order chi connectivity index (χ0) is 19.4. The van der Waals surface area contributed by atoms with Gasteiger partial charge in [-0.25, -0.2) is 8.42 Å². The van der Waals surface area contributed by atoms with Crippen molar-refractivity contribution in [1.29, 1.82) is 0 Å². The standard InChI is InChI=1S/C17H27ClN2O4S/c1-7-15(17(21)19-12(4)11(2)3)20(25(6,22)23)13-8-9-16(24-5)14(18)10-13/h8-12,15H,7H2,1-6H3,(H,19,21)/t12-,15-/m1/s1. The fraction of sp³-hybridized carbons (Fsp3) is 0.588. The Morgan fingerprint density at radius 2 is 1.92 bits per heavy atom. The van der Waals surface area contributed by atoms with Crippen LogP contribution >= 0.6 is 11.6 Å². The van der Waals surface area contributed by atoms with Gasteiger partial charge in [-0.2, -0.15) is 0 Å². The lowest BCUT2D eigenvalue weighted by molar-refractivity contribution is -0.123. The lowest BCUT2D eigenvalue weighted by Gasteiger charge is -2.31. The minimum absolute atomic E-state index is 0.0672. The molecular formula is C17H27ClN2O4S. The van der Waals surface area contributed by atoms with Crippen LogP contribution in [0.4, 0.5) is 5.69 Å². The first-order valence-corrected chi connectivity index (χ1v) is 10.4. The zero-order valence-electron chi connectivity index (χ0n) is 15.5. The minimum Gasteiger partial charge on any atom is -0.495 e. The molecule has 25 heavy (non-hydrogen) atoms. The van der Waals surface area contributed by atoms with Gasteiger partial charge in [0.25, 0.3) is 0 Å². The molecule has 0 saturated carbocycles. The Labute approximate surface area is 155 Å². The molecular weight excluding hydrogens is 364 g/mol. The third-order valence-electron chi connectivity index (χ3n) is 4.09. The lowest BCUT2D eigenvalue weighted by atomic mass is 10.1. The normalized spacial score (nSPS) is 14.1. The number of hydrogen-bond acceptors (Lipinski definition) is 4. The number of methoxy groups -OCH3 is 1. The van der Waals surface area contributed by atoms with E-state index < -0.39 is 16.1 Å². The average Bonchev–Trinajstić information content (AvgIpc) is 2.50. The van der Waals surface area contributed by atoms with Gasteiger partial charge in [-0.05, 0) is 37.5 Å². The molecule has 0 heterocycles. The molecule has 0 unspecified atom stereocenters. The number of hydrogen-bond donors (Lipinski definition) is 1. The Balaban J connectivity index is 3.29. The Kier molecular flexibility index (Phi) is 7.56. The minimum atomic E-state index is -3.69. The Morgan fingerprint density at radius 1 is 1.32 bits per heavy atom. The molecule has 1 amide bonds. The average molecular weight is 391 g/mol. The van der Waals surface area contributed by atoms with Gasteiger partial charge >= 0.3 is 0 Å². The van der Waals surface area contributed by atoms with Crippen LogP contribution in [0.5, 0.6) is 5.75 Å². The van der Waals surface area contributed by atoms with Crippen molar-refractivity contribution in [1.82, 2.24) is 5.32 Å². The second kappa shape index (κ2) is 8.76. The van der Waals surface area contributed by atoms with E-state index in [9.17, 15) is 13.2 Å². The number of benzene rings is 1. The van der Waals surface area contributed by atoms with Crippen LogP contribution in [0.3, 0.4) is 0 Å². The number of ether oxygens (including phenoxy) is 1. The maximum Gasteiger partial charge on any atom is 0.244 e. The molecule has 0 radical (unpaired) electrons. The van der Waals surface area contributed by atoms with Crippen LogP contribution in [-0.2, 0) is 14.8 Å². The lowest BCUT2D eigenvalue weighted by Crippen LogP contribution is -2.52. The first-order valence-electron chi connectivity index (χ1n) is 8.16. The van der Waals surface area contributed by atoms with Gasteiger partial charge in [0.1, 0.15) is 11.8 Å². The molecule has 0 saturated heterocycles. The third-order valence-corrected chi connectivity index (χ3v) is 5.56. The van der Waals surface area contributed by atoms with Gasteiger partial charge in [0.15, 0.2) is 0 Å². The predicted molar refractivity (Wildman–Crippen MR) is 102 cm³/mol. The molecule has 1 aromatic rings. The van der Waals surface area contributed by atoms with Crippen LogP contribution in [0.15, 0.2) is 18.2 Å². The van der Waals surface area contributed by atoms with Crippen LogP contribution in [-0.4, -0.2) is 39.8 Å². The van der Waals surface area contributed by atoms with Crippen molar-refractivity contribution in [2.75, 3.05) is 17.7 Å². The van der Waals surface area contributed by atoms with Crippen LogP contribution in [0.2, 0.25) is 5.02 Å². The fourth-order valence-electron chi connectivity index (χ4n) is 2.34. The fourth-order valence-corrected chi connectivity index (χ4v) is 3.80. The summed E-state index contributed by atoms with van der Waals surface area (Å²) in [5, 5.41) is 3.16.